The summed E-state index contributed by atoms with van der Waals surface area (Å²) in [6, 6.07) is 4.78. The fraction of sp³-hybridized carbons (Fsp3) is 0.400. The summed E-state index contributed by atoms with van der Waals surface area (Å²) in [5.74, 6) is 0.823. The quantitative estimate of drug-likeness (QED) is 0.669. The van der Waals surface area contributed by atoms with Crippen molar-refractivity contribution >= 4 is 12.6 Å². The van der Waals surface area contributed by atoms with E-state index in [1.54, 1.807) is 12.1 Å². The van der Waals surface area contributed by atoms with Gasteiger partial charge in [0.25, 0.3) is 0 Å². The molecule has 4 heteroatoms. The highest BCUT2D eigenvalue weighted by atomic mass is 32.1. The zero-order chi connectivity index (χ0) is 10.6. The average Bonchev–Trinajstić information content (AvgIpc) is 2.20. The van der Waals surface area contributed by atoms with Crippen LogP contribution in [0.1, 0.15) is 18.6 Å². The van der Waals surface area contributed by atoms with E-state index in [-0.39, 0.29) is 5.75 Å². The Labute approximate surface area is 88.7 Å². The molecular weight excluding hydrogens is 200 g/mol. The van der Waals surface area contributed by atoms with E-state index in [0.717, 1.165) is 0 Å². The molecule has 0 fully saturated rings. The van der Waals surface area contributed by atoms with E-state index in [0.29, 0.717) is 23.7 Å². The second-order valence-corrected chi connectivity index (χ2v) is 3.22. The minimum atomic E-state index is -0.627. The minimum Gasteiger partial charge on any atom is -0.504 e. The number of phenols is 1. The van der Waals surface area contributed by atoms with Crippen LogP contribution in [0.15, 0.2) is 18.2 Å². The van der Waals surface area contributed by atoms with Gasteiger partial charge < -0.3 is 14.9 Å². The lowest BCUT2D eigenvalue weighted by molar-refractivity contribution is 0.203. The number of phenolic OH excluding ortho intramolecular Hbond substituents is 1. The van der Waals surface area contributed by atoms with Gasteiger partial charge in [-0.05, 0) is 24.6 Å². The van der Waals surface area contributed by atoms with Crippen LogP contribution in [0.2, 0.25) is 0 Å². The van der Waals surface area contributed by atoms with Crippen LogP contribution < -0.4 is 4.74 Å². The van der Waals surface area contributed by atoms with E-state index in [2.05, 4.69) is 12.6 Å². The second-order valence-electron chi connectivity index (χ2n) is 2.86. The number of hydrogen-bond acceptors (Lipinski definition) is 4. The van der Waals surface area contributed by atoms with Crippen molar-refractivity contribution in [3.63, 3.8) is 0 Å². The van der Waals surface area contributed by atoms with Gasteiger partial charge in [-0.1, -0.05) is 6.07 Å². The number of thiol groups is 1. The van der Waals surface area contributed by atoms with Crippen molar-refractivity contribution in [3.8, 4) is 11.5 Å². The van der Waals surface area contributed by atoms with Crippen molar-refractivity contribution in [1.29, 1.82) is 0 Å². The van der Waals surface area contributed by atoms with E-state index in [9.17, 15) is 10.2 Å². The Balaban J connectivity index is 2.93. The van der Waals surface area contributed by atoms with E-state index >= 15 is 0 Å². The molecule has 0 aromatic heterocycles. The first-order valence-corrected chi connectivity index (χ1v) is 5.07. The van der Waals surface area contributed by atoms with Gasteiger partial charge in [0.1, 0.15) is 0 Å². The zero-order valence-corrected chi connectivity index (χ0v) is 8.87. The molecule has 0 saturated carbocycles. The van der Waals surface area contributed by atoms with Crippen LogP contribution in [0, 0.1) is 0 Å². The highest BCUT2D eigenvalue weighted by Crippen LogP contribution is 2.29. The van der Waals surface area contributed by atoms with Crippen LogP contribution in [-0.2, 0) is 0 Å². The molecule has 1 rings (SSSR count). The fourth-order valence-electron chi connectivity index (χ4n) is 1.11. The van der Waals surface area contributed by atoms with Gasteiger partial charge in [0.2, 0.25) is 0 Å². The van der Waals surface area contributed by atoms with Crippen molar-refractivity contribution in [2.24, 2.45) is 0 Å². The first kappa shape index (κ1) is 11.2. The van der Waals surface area contributed by atoms with Crippen molar-refractivity contribution < 1.29 is 14.9 Å². The molecule has 0 aliphatic rings. The molecule has 0 spiro atoms. The lowest BCUT2D eigenvalue weighted by atomic mass is 10.1. The van der Waals surface area contributed by atoms with Crippen LogP contribution in [0.25, 0.3) is 0 Å². The third kappa shape index (κ3) is 2.56. The zero-order valence-electron chi connectivity index (χ0n) is 7.97. The SMILES string of the molecule is CCOc1cc([C@@H](O)CS)ccc1O. The molecule has 14 heavy (non-hydrogen) atoms. The van der Waals surface area contributed by atoms with Crippen molar-refractivity contribution in [2.75, 3.05) is 12.4 Å². The molecule has 0 saturated heterocycles. The Bertz CT molecular complexity index is 301. The first-order chi connectivity index (χ1) is 6.69. The Hall–Kier alpha value is -0.870. The van der Waals surface area contributed by atoms with Gasteiger partial charge in [0.15, 0.2) is 11.5 Å². The Morgan fingerprint density at radius 1 is 1.50 bits per heavy atom. The molecule has 1 aromatic rings. The van der Waals surface area contributed by atoms with E-state index in [1.165, 1.54) is 6.07 Å². The molecule has 0 aliphatic carbocycles. The number of benzene rings is 1. The molecule has 3 nitrogen and oxygen atoms in total. The van der Waals surface area contributed by atoms with Gasteiger partial charge in [-0.25, -0.2) is 0 Å². The van der Waals surface area contributed by atoms with Gasteiger partial charge in [0, 0.05) is 5.75 Å². The van der Waals surface area contributed by atoms with Crippen LogP contribution in [0.3, 0.4) is 0 Å². The predicted molar refractivity (Wildman–Crippen MR) is 58.1 cm³/mol. The van der Waals surface area contributed by atoms with Crippen LogP contribution >= 0.6 is 12.6 Å². The highest BCUT2D eigenvalue weighted by Gasteiger charge is 2.09. The third-order valence-electron chi connectivity index (χ3n) is 1.84. The van der Waals surface area contributed by atoms with Gasteiger partial charge in [-0.2, -0.15) is 12.6 Å². The number of aliphatic hydroxyl groups excluding tert-OH is 1. The smallest absolute Gasteiger partial charge is 0.161 e. The molecular formula is C10H14O3S. The van der Waals surface area contributed by atoms with Crippen LogP contribution in [-0.4, -0.2) is 22.6 Å². The minimum absolute atomic E-state index is 0.0852. The predicted octanol–water partition coefficient (Wildman–Crippen LogP) is 1.75. The van der Waals surface area contributed by atoms with E-state index in [4.69, 9.17) is 4.74 Å². The number of hydrogen-bond donors (Lipinski definition) is 3. The van der Waals surface area contributed by atoms with Crippen LogP contribution in [0.5, 0.6) is 11.5 Å². The summed E-state index contributed by atoms with van der Waals surface area (Å²) in [6.45, 7) is 2.31. The summed E-state index contributed by atoms with van der Waals surface area (Å²) in [5, 5.41) is 18.9. The van der Waals surface area contributed by atoms with Crippen molar-refractivity contribution in [3.05, 3.63) is 23.8 Å². The molecule has 0 bridgehead atoms. The summed E-state index contributed by atoms with van der Waals surface area (Å²) in [4.78, 5) is 0. The third-order valence-corrected chi connectivity index (χ3v) is 2.19. The molecule has 1 atom stereocenters. The maximum Gasteiger partial charge on any atom is 0.161 e. The molecule has 0 amide bonds. The number of aliphatic hydroxyl groups is 1. The fourth-order valence-corrected chi connectivity index (χ4v) is 1.33. The summed E-state index contributed by atoms with van der Waals surface area (Å²) in [7, 11) is 0. The summed E-state index contributed by atoms with van der Waals surface area (Å²) in [6.07, 6.45) is -0.627. The molecule has 1 aromatic carbocycles. The van der Waals surface area contributed by atoms with Crippen LogP contribution in [0.4, 0.5) is 0 Å². The lowest BCUT2D eigenvalue weighted by Crippen LogP contribution is -2.00. The topological polar surface area (TPSA) is 49.7 Å². The lowest BCUT2D eigenvalue weighted by Gasteiger charge is -2.11. The second kappa shape index (κ2) is 5.12. The molecule has 78 valence electrons. The number of rotatable bonds is 4. The average molecular weight is 214 g/mol. The normalized spacial score (nSPS) is 12.5. The summed E-state index contributed by atoms with van der Waals surface area (Å²) in [5.41, 5.74) is 0.696. The summed E-state index contributed by atoms with van der Waals surface area (Å²) < 4.78 is 5.19. The van der Waals surface area contributed by atoms with Gasteiger partial charge in [-0.3, -0.25) is 0 Å². The standard InChI is InChI=1S/C10H14O3S/c1-2-13-10-5-7(9(12)6-14)3-4-8(10)11/h3-5,9,11-12,14H,2,6H2,1H3/t9-/m0/s1. The maximum absolute atomic E-state index is 9.50. The Morgan fingerprint density at radius 3 is 2.79 bits per heavy atom. The van der Waals surface area contributed by atoms with E-state index < -0.39 is 6.10 Å². The highest BCUT2D eigenvalue weighted by molar-refractivity contribution is 7.80. The van der Waals surface area contributed by atoms with Crippen molar-refractivity contribution in [1.82, 2.24) is 0 Å². The Kier molecular flexibility index (Phi) is 4.10. The largest absolute Gasteiger partial charge is 0.504 e. The van der Waals surface area contributed by atoms with Gasteiger partial charge >= 0.3 is 0 Å². The van der Waals surface area contributed by atoms with Crippen molar-refractivity contribution in [2.45, 2.75) is 13.0 Å². The monoisotopic (exact) mass is 214 g/mol. The molecule has 0 heterocycles. The van der Waals surface area contributed by atoms with E-state index in [1.807, 2.05) is 6.92 Å². The molecule has 0 aliphatic heterocycles. The molecule has 0 unspecified atom stereocenters. The first-order valence-electron chi connectivity index (χ1n) is 4.43. The number of ether oxygens (including phenoxy) is 1. The molecule has 2 N–H and O–H groups in total. The maximum atomic E-state index is 9.50. The van der Waals surface area contributed by atoms with Gasteiger partial charge in [0.05, 0.1) is 12.7 Å². The number of aromatic hydroxyl groups is 1. The van der Waals surface area contributed by atoms with Gasteiger partial charge in [-0.15, -0.1) is 0 Å². The molecule has 0 radical (unpaired) electrons. The Morgan fingerprint density at radius 2 is 2.21 bits per heavy atom. The summed E-state index contributed by atoms with van der Waals surface area (Å²) >= 11 is 3.99.